The molecule has 30 heavy (non-hydrogen) atoms. The van der Waals surface area contributed by atoms with E-state index in [-0.39, 0.29) is 5.56 Å². The molecule has 2 N–H and O–H groups in total. The van der Waals surface area contributed by atoms with E-state index < -0.39 is 0 Å². The minimum absolute atomic E-state index is 0.201. The molecule has 0 unspecified atom stereocenters. The smallest absolute Gasteiger partial charge is 0.249 e. The van der Waals surface area contributed by atoms with Gasteiger partial charge in [0, 0.05) is 18.2 Å². The van der Waals surface area contributed by atoms with E-state index in [2.05, 4.69) is 37.7 Å². The molecule has 0 saturated heterocycles. The number of aromatic nitrogens is 5. The van der Waals surface area contributed by atoms with Crippen LogP contribution in [0.4, 0.5) is 0 Å². The summed E-state index contributed by atoms with van der Waals surface area (Å²) in [5.74, 6) is 1.25. The number of pyridine rings is 1. The summed E-state index contributed by atoms with van der Waals surface area (Å²) in [4.78, 5) is 15.0. The van der Waals surface area contributed by atoms with Crippen LogP contribution >= 0.6 is 11.8 Å². The van der Waals surface area contributed by atoms with Gasteiger partial charge in [-0.05, 0) is 28.7 Å². The van der Waals surface area contributed by atoms with Gasteiger partial charge >= 0.3 is 0 Å². The van der Waals surface area contributed by atoms with Gasteiger partial charge in [0.1, 0.15) is 6.07 Å². The molecule has 0 saturated carbocycles. The van der Waals surface area contributed by atoms with Crippen molar-refractivity contribution in [3.8, 4) is 6.07 Å². The second-order valence-electron chi connectivity index (χ2n) is 6.75. The number of thioether (sulfide) groups is 1. The van der Waals surface area contributed by atoms with Crippen LogP contribution in [0.15, 0.2) is 70.5 Å². The fourth-order valence-electron chi connectivity index (χ4n) is 3.20. The van der Waals surface area contributed by atoms with E-state index in [1.165, 1.54) is 17.8 Å². The number of nitrogens with zero attached hydrogens (tertiary/aromatic N) is 4. The van der Waals surface area contributed by atoms with Crippen LogP contribution in [-0.2, 0) is 18.6 Å². The maximum Gasteiger partial charge on any atom is 0.249 e. The first-order valence-corrected chi connectivity index (χ1v) is 10.3. The number of benzene rings is 2. The minimum atomic E-state index is -0.201. The second kappa shape index (κ2) is 9.20. The highest BCUT2D eigenvalue weighted by molar-refractivity contribution is 7.98. The van der Waals surface area contributed by atoms with Crippen LogP contribution in [0.25, 0.3) is 0 Å². The van der Waals surface area contributed by atoms with Crippen molar-refractivity contribution in [2.75, 3.05) is 0 Å². The Kier molecular flexibility index (Phi) is 6.01. The molecule has 4 aromatic rings. The number of rotatable bonds is 7. The topological polar surface area (TPSA) is 111 Å². The molecule has 0 aliphatic heterocycles. The summed E-state index contributed by atoms with van der Waals surface area (Å²) in [5.41, 5.74) is 4.27. The second-order valence-corrected chi connectivity index (χ2v) is 7.74. The summed E-state index contributed by atoms with van der Waals surface area (Å²) in [7, 11) is 0. The normalized spacial score (nSPS) is 10.6. The molecule has 2 heterocycles. The molecule has 7 nitrogen and oxygen atoms in total. The maximum absolute atomic E-state index is 12.2. The summed E-state index contributed by atoms with van der Waals surface area (Å²) in [5, 5.41) is 24.3. The lowest BCUT2D eigenvalue weighted by molar-refractivity contribution is 0.881. The van der Waals surface area contributed by atoms with E-state index in [1.807, 2.05) is 48.5 Å². The molecule has 8 heteroatoms. The van der Waals surface area contributed by atoms with Gasteiger partial charge in [-0.1, -0.05) is 59.8 Å². The zero-order valence-corrected chi connectivity index (χ0v) is 16.8. The highest BCUT2D eigenvalue weighted by atomic mass is 32.2. The third-order valence-electron chi connectivity index (χ3n) is 4.57. The molecule has 0 spiro atoms. The van der Waals surface area contributed by atoms with Gasteiger partial charge in [0.2, 0.25) is 5.56 Å². The molecule has 148 valence electrons. The Balaban J connectivity index is 1.53. The lowest BCUT2D eigenvalue weighted by Gasteiger charge is -2.10. The molecule has 0 bridgehead atoms. The lowest BCUT2D eigenvalue weighted by atomic mass is 10.0. The molecule has 0 fully saturated rings. The highest BCUT2D eigenvalue weighted by Gasteiger charge is 2.12. The Labute approximate surface area is 177 Å². The molecule has 2 aromatic heterocycles. The van der Waals surface area contributed by atoms with E-state index >= 15 is 0 Å². The molecule has 2 aromatic carbocycles. The van der Waals surface area contributed by atoms with Gasteiger partial charge in [-0.3, -0.25) is 4.79 Å². The van der Waals surface area contributed by atoms with Crippen LogP contribution in [0.5, 0.6) is 0 Å². The molecule has 0 radical (unpaired) electrons. The van der Waals surface area contributed by atoms with Gasteiger partial charge in [-0.2, -0.15) is 10.5 Å². The fourth-order valence-corrected chi connectivity index (χ4v) is 4.18. The maximum atomic E-state index is 12.2. The van der Waals surface area contributed by atoms with Crippen molar-refractivity contribution >= 4 is 11.8 Å². The Hall–Kier alpha value is -3.70. The Morgan fingerprint density at radius 1 is 0.967 bits per heavy atom. The van der Waals surface area contributed by atoms with E-state index in [0.717, 1.165) is 22.3 Å². The quantitative estimate of drug-likeness (QED) is 0.449. The zero-order chi connectivity index (χ0) is 20.8. The van der Waals surface area contributed by atoms with Crippen molar-refractivity contribution < 1.29 is 0 Å². The molecule has 0 atom stereocenters. The largest absolute Gasteiger partial charge is 0.316 e. The first-order valence-electron chi connectivity index (χ1n) is 9.34. The summed E-state index contributed by atoms with van der Waals surface area (Å²) >= 11 is 1.45. The van der Waals surface area contributed by atoms with Crippen molar-refractivity contribution in [3.05, 3.63) is 105 Å². The van der Waals surface area contributed by atoms with Crippen molar-refractivity contribution in [1.82, 2.24) is 25.6 Å². The third kappa shape index (κ3) is 4.82. The minimum Gasteiger partial charge on any atom is -0.316 e. The van der Waals surface area contributed by atoms with Gasteiger partial charge < -0.3 is 4.98 Å². The number of hydrogen-bond acceptors (Lipinski definition) is 6. The van der Waals surface area contributed by atoms with Gasteiger partial charge in [0.25, 0.3) is 0 Å². The van der Waals surface area contributed by atoms with E-state index in [1.54, 1.807) is 0 Å². The van der Waals surface area contributed by atoms with Crippen LogP contribution in [0.3, 0.4) is 0 Å². The third-order valence-corrected chi connectivity index (χ3v) is 5.64. The van der Waals surface area contributed by atoms with Crippen molar-refractivity contribution in [2.45, 2.75) is 23.6 Å². The van der Waals surface area contributed by atoms with Crippen molar-refractivity contribution in [3.63, 3.8) is 0 Å². The number of tetrazole rings is 1. The van der Waals surface area contributed by atoms with Gasteiger partial charge in [-0.25, -0.2) is 0 Å². The highest BCUT2D eigenvalue weighted by Crippen LogP contribution is 2.26. The Morgan fingerprint density at radius 3 is 2.53 bits per heavy atom. The average molecular weight is 414 g/mol. The number of hydrogen-bond donors (Lipinski definition) is 2. The summed E-state index contributed by atoms with van der Waals surface area (Å²) < 4.78 is 0. The summed E-state index contributed by atoms with van der Waals surface area (Å²) in [6.45, 7) is 0. The lowest BCUT2D eigenvalue weighted by Crippen LogP contribution is -2.10. The summed E-state index contributed by atoms with van der Waals surface area (Å²) in [6.07, 6.45) is 1.13. The molecule has 0 amide bonds. The van der Waals surface area contributed by atoms with Gasteiger partial charge in [0.05, 0.1) is 10.6 Å². The first-order chi connectivity index (χ1) is 14.7. The number of aromatic amines is 2. The van der Waals surface area contributed by atoms with E-state index in [4.69, 9.17) is 0 Å². The monoisotopic (exact) mass is 414 g/mol. The van der Waals surface area contributed by atoms with Gasteiger partial charge in [0.15, 0.2) is 5.82 Å². The van der Waals surface area contributed by atoms with Gasteiger partial charge in [-0.15, -0.1) is 22.0 Å². The van der Waals surface area contributed by atoms with Crippen LogP contribution < -0.4 is 5.56 Å². The molecular formula is C22H18N6OS. The standard InChI is InChI=1S/C22H18N6OS/c23-13-19-18(10-15-5-2-1-3-6-15)12-21(29)24-22(19)30-14-17-8-4-7-16(9-17)11-20-25-27-28-26-20/h1-9,12H,10-11,14H2,(H,24,29)(H,25,26,27,28). The average Bonchev–Trinajstić information content (AvgIpc) is 3.26. The van der Waals surface area contributed by atoms with Crippen LogP contribution in [0.1, 0.15) is 33.6 Å². The predicted molar refractivity (Wildman–Crippen MR) is 114 cm³/mol. The fraction of sp³-hybridized carbons (Fsp3) is 0.136. The zero-order valence-electron chi connectivity index (χ0n) is 16.0. The van der Waals surface area contributed by atoms with Crippen molar-refractivity contribution in [2.24, 2.45) is 0 Å². The SMILES string of the molecule is N#Cc1c(Cc2ccccc2)cc(=O)[nH]c1SCc1cccc(Cc2nn[nH]n2)c1. The predicted octanol–water partition coefficient (Wildman–Crippen LogP) is 3.23. The molecule has 0 aliphatic rings. The Morgan fingerprint density at radius 2 is 1.77 bits per heavy atom. The first kappa shape index (κ1) is 19.6. The van der Waals surface area contributed by atoms with Crippen LogP contribution in [0.2, 0.25) is 0 Å². The number of H-pyrrole nitrogens is 2. The summed E-state index contributed by atoms with van der Waals surface area (Å²) in [6, 6.07) is 21.7. The van der Waals surface area contributed by atoms with Crippen LogP contribution in [-0.4, -0.2) is 25.6 Å². The number of nitriles is 1. The Bertz CT molecular complexity index is 1230. The molecule has 0 aliphatic carbocycles. The molecule has 4 rings (SSSR count). The number of nitrogens with one attached hydrogen (secondary N) is 2. The van der Waals surface area contributed by atoms with E-state index in [0.29, 0.717) is 35.0 Å². The van der Waals surface area contributed by atoms with E-state index in [9.17, 15) is 10.1 Å². The van der Waals surface area contributed by atoms with Crippen LogP contribution in [0, 0.1) is 11.3 Å². The van der Waals surface area contributed by atoms with Crippen molar-refractivity contribution in [1.29, 1.82) is 5.26 Å². The molecular weight excluding hydrogens is 396 g/mol.